The summed E-state index contributed by atoms with van der Waals surface area (Å²) in [5.41, 5.74) is 5.49. The summed E-state index contributed by atoms with van der Waals surface area (Å²) in [6.07, 6.45) is 2.05. The van der Waals surface area contributed by atoms with E-state index in [1.807, 2.05) is 18.3 Å². The molecule has 3 heteroatoms. The normalized spacial score (nSPS) is 11.8. The number of aromatic nitrogens is 3. The summed E-state index contributed by atoms with van der Waals surface area (Å²) in [5.74, 6) is 0. The van der Waals surface area contributed by atoms with E-state index in [4.69, 9.17) is 4.98 Å². The molecule has 4 rings (SSSR count). The molecule has 0 aliphatic carbocycles. The van der Waals surface area contributed by atoms with Gasteiger partial charge < -0.3 is 4.98 Å². The van der Waals surface area contributed by atoms with E-state index >= 15 is 0 Å². The van der Waals surface area contributed by atoms with Crippen LogP contribution in [0.15, 0.2) is 42.6 Å². The molecule has 0 aliphatic rings. The molecule has 1 aromatic carbocycles. The number of fused-ring (bicyclic) bond motifs is 5. The summed E-state index contributed by atoms with van der Waals surface area (Å²) in [7, 11) is 0. The topological polar surface area (TPSA) is 33.1 Å². The number of aromatic amines is 1. The van der Waals surface area contributed by atoms with Gasteiger partial charge in [0.25, 0.3) is 0 Å². The van der Waals surface area contributed by atoms with Gasteiger partial charge in [-0.05, 0) is 24.6 Å². The van der Waals surface area contributed by atoms with Gasteiger partial charge in [-0.25, -0.2) is 4.98 Å². The molecule has 1 N–H and O–H groups in total. The predicted octanol–water partition coefficient (Wildman–Crippen LogP) is 3.28. The molecular weight excluding hydrogens is 210 g/mol. The van der Waals surface area contributed by atoms with Crippen LogP contribution in [0.25, 0.3) is 27.7 Å². The lowest BCUT2D eigenvalue weighted by Crippen LogP contribution is -1.87. The number of aryl methyl sites for hydroxylation is 1. The molecule has 0 bridgehead atoms. The third kappa shape index (κ3) is 1.03. The van der Waals surface area contributed by atoms with E-state index in [1.165, 1.54) is 10.9 Å². The number of nitrogens with one attached hydrogen (secondary N) is 1. The Morgan fingerprint density at radius 2 is 2.00 bits per heavy atom. The van der Waals surface area contributed by atoms with Crippen LogP contribution in [-0.2, 0) is 0 Å². The molecule has 0 spiro atoms. The van der Waals surface area contributed by atoms with Crippen molar-refractivity contribution in [1.29, 1.82) is 0 Å². The van der Waals surface area contributed by atoms with Crippen LogP contribution >= 0.6 is 0 Å². The molecule has 0 radical (unpaired) electrons. The Balaban J connectivity index is 2.33. The number of H-pyrrole nitrogens is 1. The monoisotopic (exact) mass is 221 g/mol. The SMILES string of the molecule is Cc1cccn2c1nc1c3ccccc3[nH]c12. The number of rotatable bonds is 0. The molecule has 3 aromatic heterocycles. The van der Waals surface area contributed by atoms with Gasteiger partial charge >= 0.3 is 0 Å². The molecule has 3 heterocycles. The molecule has 82 valence electrons. The summed E-state index contributed by atoms with van der Waals surface area (Å²) in [6, 6.07) is 12.4. The van der Waals surface area contributed by atoms with Gasteiger partial charge in [0.15, 0.2) is 0 Å². The molecular formula is C14H11N3. The van der Waals surface area contributed by atoms with E-state index in [2.05, 4.69) is 40.6 Å². The van der Waals surface area contributed by atoms with E-state index in [9.17, 15) is 0 Å². The van der Waals surface area contributed by atoms with Crippen LogP contribution in [-0.4, -0.2) is 14.4 Å². The van der Waals surface area contributed by atoms with E-state index in [-0.39, 0.29) is 0 Å². The van der Waals surface area contributed by atoms with Crippen molar-refractivity contribution in [3.8, 4) is 0 Å². The van der Waals surface area contributed by atoms with Crippen molar-refractivity contribution < 1.29 is 0 Å². The third-order valence-corrected chi connectivity index (χ3v) is 3.28. The highest BCUT2D eigenvalue weighted by Gasteiger charge is 2.11. The fourth-order valence-corrected chi connectivity index (χ4v) is 2.44. The molecule has 0 saturated heterocycles. The zero-order valence-corrected chi connectivity index (χ0v) is 9.44. The van der Waals surface area contributed by atoms with Crippen molar-refractivity contribution in [2.45, 2.75) is 6.92 Å². The Morgan fingerprint density at radius 1 is 1.12 bits per heavy atom. The van der Waals surface area contributed by atoms with Gasteiger partial charge in [0.05, 0.1) is 0 Å². The van der Waals surface area contributed by atoms with Gasteiger partial charge in [-0.15, -0.1) is 0 Å². The Bertz CT molecular complexity index is 852. The predicted molar refractivity (Wildman–Crippen MR) is 69.3 cm³/mol. The lowest BCUT2D eigenvalue weighted by atomic mass is 10.2. The first-order valence-corrected chi connectivity index (χ1v) is 5.69. The van der Waals surface area contributed by atoms with Crippen molar-refractivity contribution in [2.24, 2.45) is 0 Å². The first kappa shape index (κ1) is 8.82. The van der Waals surface area contributed by atoms with E-state index in [0.29, 0.717) is 0 Å². The second kappa shape index (κ2) is 2.88. The van der Waals surface area contributed by atoms with E-state index < -0.39 is 0 Å². The van der Waals surface area contributed by atoms with Crippen molar-refractivity contribution in [2.75, 3.05) is 0 Å². The summed E-state index contributed by atoms with van der Waals surface area (Å²) >= 11 is 0. The Labute approximate surface area is 97.7 Å². The van der Waals surface area contributed by atoms with E-state index in [1.54, 1.807) is 0 Å². The van der Waals surface area contributed by atoms with Crippen LogP contribution in [0.2, 0.25) is 0 Å². The highest BCUT2D eigenvalue weighted by atomic mass is 15.1. The molecule has 17 heavy (non-hydrogen) atoms. The molecule has 0 saturated carbocycles. The number of benzene rings is 1. The second-order valence-electron chi connectivity index (χ2n) is 4.36. The molecule has 0 unspecified atom stereocenters. The van der Waals surface area contributed by atoms with Gasteiger partial charge in [0.2, 0.25) is 0 Å². The minimum absolute atomic E-state index is 1.03. The molecule has 0 fully saturated rings. The molecule has 0 atom stereocenters. The molecule has 0 amide bonds. The Morgan fingerprint density at radius 3 is 2.94 bits per heavy atom. The smallest absolute Gasteiger partial charge is 0.143 e. The lowest BCUT2D eigenvalue weighted by Gasteiger charge is -1.96. The lowest BCUT2D eigenvalue weighted by molar-refractivity contribution is 1.17. The largest absolute Gasteiger partial charge is 0.339 e. The quantitative estimate of drug-likeness (QED) is 0.485. The number of hydrogen-bond acceptors (Lipinski definition) is 1. The average Bonchev–Trinajstić information content (AvgIpc) is 2.87. The first-order chi connectivity index (χ1) is 8.34. The summed E-state index contributed by atoms with van der Waals surface area (Å²) in [5, 5.41) is 1.19. The van der Waals surface area contributed by atoms with E-state index in [0.717, 1.165) is 22.3 Å². The maximum atomic E-state index is 4.73. The van der Waals surface area contributed by atoms with Gasteiger partial charge in [-0.3, -0.25) is 4.40 Å². The van der Waals surface area contributed by atoms with Crippen LogP contribution < -0.4 is 0 Å². The summed E-state index contributed by atoms with van der Waals surface area (Å²) < 4.78 is 2.12. The van der Waals surface area contributed by atoms with Crippen LogP contribution in [0.3, 0.4) is 0 Å². The number of imidazole rings is 1. The number of pyridine rings is 1. The zero-order valence-electron chi connectivity index (χ0n) is 9.44. The summed E-state index contributed by atoms with van der Waals surface area (Å²) in [6.45, 7) is 2.09. The fourth-order valence-electron chi connectivity index (χ4n) is 2.44. The standard InChI is InChI=1S/C14H11N3/c1-9-5-4-8-17-13(9)16-12-10-6-2-3-7-11(10)15-14(12)17/h2-8,15H,1H3. The van der Waals surface area contributed by atoms with Crippen LogP contribution in [0, 0.1) is 6.92 Å². The Hall–Kier alpha value is -2.29. The highest BCUT2D eigenvalue weighted by molar-refractivity contribution is 6.05. The highest BCUT2D eigenvalue weighted by Crippen LogP contribution is 2.26. The minimum atomic E-state index is 1.03. The van der Waals surface area contributed by atoms with Crippen molar-refractivity contribution >= 4 is 27.7 Å². The van der Waals surface area contributed by atoms with Crippen LogP contribution in [0.1, 0.15) is 5.56 Å². The Kier molecular flexibility index (Phi) is 1.50. The van der Waals surface area contributed by atoms with Crippen molar-refractivity contribution in [3.05, 3.63) is 48.2 Å². The maximum absolute atomic E-state index is 4.73. The fraction of sp³-hybridized carbons (Fsp3) is 0.0714. The van der Waals surface area contributed by atoms with Crippen LogP contribution in [0.5, 0.6) is 0 Å². The third-order valence-electron chi connectivity index (χ3n) is 3.28. The number of hydrogen-bond donors (Lipinski definition) is 1. The van der Waals surface area contributed by atoms with Gasteiger partial charge in [-0.1, -0.05) is 24.3 Å². The van der Waals surface area contributed by atoms with Crippen LogP contribution in [0.4, 0.5) is 0 Å². The maximum Gasteiger partial charge on any atom is 0.143 e. The number of para-hydroxylation sites is 1. The van der Waals surface area contributed by atoms with Crippen molar-refractivity contribution in [3.63, 3.8) is 0 Å². The van der Waals surface area contributed by atoms with Gasteiger partial charge in [0.1, 0.15) is 16.8 Å². The first-order valence-electron chi connectivity index (χ1n) is 5.69. The van der Waals surface area contributed by atoms with Gasteiger partial charge in [-0.2, -0.15) is 0 Å². The minimum Gasteiger partial charge on any atom is -0.339 e. The average molecular weight is 221 g/mol. The van der Waals surface area contributed by atoms with Crippen molar-refractivity contribution in [1.82, 2.24) is 14.4 Å². The summed E-state index contributed by atoms with van der Waals surface area (Å²) in [4.78, 5) is 8.16. The molecule has 4 aromatic rings. The van der Waals surface area contributed by atoms with Gasteiger partial charge in [0, 0.05) is 17.1 Å². The molecule has 3 nitrogen and oxygen atoms in total. The second-order valence-corrected chi connectivity index (χ2v) is 4.36. The number of nitrogens with zero attached hydrogens (tertiary/aromatic N) is 2. The molecule has 0 aliphatic heterocycles. The zero-order chi connectivity index (χ0) is 11.4.